The molecular weight excluding hydrogens is 356 g/mol. The van der Waals surface area contributed by atoms with Crippen LogP contribution in [-0.2, 0) is 17.9 Å². The molecule has 3 heteroatoms. The van der Waals surface area contributed by atoms with Crippen molar-refractivity contribution in [3.8, 4) is 0 Å². The molecule has 0 bridgehead atoms. The first-order valence-electron chi connectivity index (χ1n) is 10.7. The number of rotatable bonds is 5. The Morgan fingerprint density at radius 1 is 0.931 bits per heavy atom. The molecule has 29 heavy (non-hydrogen) atoms. The summed E-state index contributed by atoms with van der Waals surface area (Å²) >= 11 is 0. The highest BCUT2D eigenvalue weighted by molar-refractivity contribution is 5.85. The second kappa shape index (κ2) is 7.64. The van der Waals surface area contributed by atoms with Gasteiger partial charge in [-0.2, -0.15) is 0 Å². The van der Waals surface area contributed by atoms with Gasteiger partial charge < -0.3 is 5.32 Å². The van der Waals surface area contributed by atoms with Gasteiger partial charge in [-0.05, 0) is 59.7 Å². The zero-order valence-corrected chi connectivity index (χ0v) is 16.8. The Labute approximate surface area is 172 Å². The molecule has 0 radical (unpaired) electrons. The average molecular weight is 385 g/mol. The zero-order chi connectivity index (χ0) is 19.7. The molecule has 1 saturated heterocycles. The highest BCUT2D eigenvalue weighted by Crippen LogP contribution is 2.59. The van der Waals surface area contributed by atoms with Gasteiger partial charge in [0.1, 0.15) is 0 Å². The van der Waals surface area contributed by atoms with Crippen LogP contribution in [0.1, 0.15) is 30.4 Å². The minimum atomic E-state index is 0.214. The van der Waals surface area contributed by atoms with Crippen molar-refractivity contribution in [2.75, 3.05) is 13.1 Å². The monoisotopic (exact) mass is 384 g/mol. The lowest BCUT2D eigenvalue weighted by atomic mass is 9.90. The predicted octanol–water partition coefficient (Wildman–Crippen LogP) is 4.76. The summed E-state index contributed by atoms with van der Waals surface area (Å²) in [5, 5.41) is 5.83. The maximum Gasteiger partial charge on any atom is 0.223 e. The van der Waals surface area contributed by atoms with Crippen molar-refractivity contribution in [1.29, 1.82) is 0 Å². The third kappa shape index (κ3) is 3.79. The molecule has 1 aliphatic heterocycles. The van der Waals surface area contributed by atoms with Crippen LogP contribution in [-0.4, -0.2) is 23.9 Å². The van der Waals surface area contributed by atoms with E-state index in [9.17, 15) is 4.79 Å². The van der Waals surface area contributed by atoms with E-state index in [1.165, 1.54) is 21.9 Å². The summed E-state index contributed by atoms with van der Waals surface area (Å²) in [7, 11) is 0. The van der Waals surface area contributed by atoms with Crippen molar-refractivity contribution >= 4 is 16.7 Å². The third-order valence-corrected chi connectivity index (χ3v) is 6.94. The molecule has 1 amide bonds. The second-order valence-electron chi connectivity index (χ2n) is 8.74. The Hall–Kier alpha value is -2.65. The summed E-state index contributed by atoms with van der Waals surface area (Å²) in [6.45, 7) is 3.82. The van der Waals surface area contributed by atoms with Crippen molar-refractivity contribution < 1.29 is 4.79 Å². The van der Waals surface area contributed by atoms with Crippen LogP contribution in [0.25, 0.3) is 10.8 Å². The second-order valence-corrected chi connectivity index (χ2v) is 8.74. The van der Waals surface area contributed by atoms with Crippen LogP contribution >= 0.6 is 0 Å². The van der Waals surface area contributed by atoms with Gasteiger partial charge in [0.25, 0.3) is 0 Å². The molecule has 5 rings (SSSR count). The van der Waals surface area contributed by atoms with E-state index in [1.54, 1.807) is 0 Å². The van der Waals surface area contributed by atoms with Gasteiger partial charge in [0.15, 0.2) is 0 Å². The van der Waals surface area contributed by atoms with Gasteiger partial charge >= 0.3 is 0 Å². The molecule has 1 aliphatic carbocycles. The maximum absolute atomic E-state index is 12.6. The highest BCUT2D eigenvalue weighted by Gasteiger charge is 2.58. The molecule has 1 N–H and O–H groups in total. The molecule has 2 aliphatic rings. The van der Waals surface area contributed by atoms with Crippen molar-refractivity contribution in [3.05, 3.63) is 83.9 Å². The summed E-state index contributed by atoms with van der Waals surface area (Å²) in [6, 6.07) is 25.4. The van der Waals surface area contributed by atoms with E-state index in [1.807, 2.05) is 18.2 Å². The Morgan fingerprint density at radius 3 is 2.48 bits per heavy atom. The number of likely N-dealkylation sites (tertiary alicyclic amines) is 1. The lowest BCUT2D eigenvalue weighted by Crippen LogP contribution is -2.36. The minimum absolute atomic E-state index is 0.214. The first kappa shape index (κ1) is 18.4. The SMILES string of the molecule is O=C(NCc1ccccc1)[C@H]1CC12CCN(Cc1cccc3ccccc13)CC2. The van der Waals surface area contributed by atoms with Crippen molar-refractivity contribution in [2.24, 2.45) is 11.3 Å². The van der Waals surface area contributed by atoms with E-state index in [4.69, 9.17) is 0 Å². The number of fused-ring (bicyclic) bond motifs is 1. The van der Waals surface area contributed by atoms with Gasteiger partial charge in [-0.25, -0.2) is 0 Å². The minimum Gasteiger partial charge on any atom is -0.352 e. The topological polar surface area (TPSA) is 32.3 Å². The van der Waals surface area contributed by atoms with Crippen LogP contribution in [0.2, 0.25) is 0 Å². The summed E-state index contributed by atoms with van der Waals surface area (Å²) in [4.78, 5) is 15.2. The van der Waals surface area contributed by atoms with Crippen LogP contribution in [0.3, 0.4) is 0 Å². The fraction of sp³-hybridized carbons (Fsp3) is 0.346. The van der Waals surface area contributed by atoms with Crippen molar-refractivity contribution in [2.45, 2.75) is 32.4 Å². The lowest BCUT2D eigenvalue weighted by molar-refractivity contribution is -0.123. The molecule has 1 atom stereocenters. The summed E-state index contributed by atoms with van der Waals surface area (Å²) < 4.78 is 0. The quantitative estimate of drug-likeness (QED) is 0.688. The molecule has 1 spiro atoms. The van der Waals surface area contributed by atoms with Gasteiger partial charge in [0.05, 0.1) is 0 Å². The first-order chi connectivity index (χ1) is 14.2. The van der Waals surface area contributed by atoms with E-state index < -0.39 is 0 Å². The molecule has 3 aromatic rings. The van der Waals surface area contributed by atoms with Crippen molar-refractivity contribution in [3.63, 3.8) is 0 Å². The van der Waals surface area contributed by atoms with E-state index in [0.29, 0.717) is 6.54 Å². The van der Waals surface area contributed by atoms with Gasteiger partial charge in [-0.15, -0.1) is 0 Å². The number of hydrogen-bond acceptors (Lipinski definition) is 2. The number of carbonyl (C=O) groups excluding carboxylic acids is 1. The van der Waals surface area contributed by atoms with E-state index in [-0.39, 0.29) is 17.2 Å². The van der Waals surface area contributed by atoms with Crippen molar-refractivity contribution in [1.82, 2.24) is 10.2 Å². The molecular formula is C26H28N2O. The van der Waals surface area contributed by atoms with Gasteiger partial charge in [-0.3, -0.25) is 9.69 Å². The third-order valence-electron chi connectivity index (χ3n) is 6.94. The normalized spacial score (nSPS) is 20.6. The predicted molar refractivity (Wildman–Crippen MR) is 117 cm³/mol. The van der Waals surface area contributed by atoms with Crippen LogP contribution < -0.4 is 5.32 Å². The highest BCUT2D eigenvalue weighted by atomic mass is 16.2. The van der Waals surface area contributed by atoms with Crippen LogP contribution in [0, 0.1) is 11.3 Å². The number of amides is 1. The number of benzene rings is 3. The maximum atomic E-state index is 12.6. The summed E-state index contributed by atoms with van der Waals surface area (Å²) in [5.41, 5.74) is 2.84. The largest absolute Gasteiger partial charge is 0.352 e. The number of nitrogens with zero attached hydrogens (tertiary/aromatic N) is 1. The fourth-order valence-electron chi connectivity index (χ4n) is 5.01. The van der Waals surface area contributed by atoms with Gasteiger partial charge in [-0.1, -0.05) is 72.8 Å². The Bertz CT molecular complexity index is 1000. The number of carbonyl (C=O) groups is 1. The molecule has 0 aromatic heterocycles. The fourth-order valence-corrected chi connectivity index (χ4v) is 5.01. The first-order valence-corrected chi connectivity index (χ1v) is 10.7. The number of hydrogen-bond donors (Lipinski definition) is 1. The number of piperidine rings is 1. The molecule has 1 saturated carbocycles. The van der Waals surface area contributed by atoms with Gasteiger partial charge in [0.2, 0.25) is 5.91 Å². The van der Waals surface area contributed by atoms with Crippen LogP contribution in [0.15, 0.2) is 72.8 Å². The summed E-state index contributed by atoms with van der Waals surface area (Å²) in [5.74, 6) is 0.460. The average Bonchev–Trinajstić information content (AvgIpc) is 3.48. The van der Waals surface area contributed by atoms with Gasteiger partial charge in [0, 0.05) is 19.0 Å². The Kier molecular flexibility index (Phi) is 4.84. The lowest BCUT2D eigenvalue weighted by Gasteiger charge is -2.33. The Balaban J connectivity index is 1.15. The van der Waals surface area contributed by atoms with E-state index >= 15 is 0 Å². The van der Waals surface area contributed by atoms with Crippen LogP contribution in [0.4, 0.5) is 0 Å². The van der Waals surface area contributed by atoms with E-state index in [0.717, 1.165) is 38.9 Å². The van der Waals surface area contributed by atoms with E-state index in [2.05, 4.69) is 64.8 Å². The molecule has 3 aromatic carbocycles. The standard InChI is InChI=1S/C26H28N2O/c29-25(27-18-20-7-2-1-3-8-20)24-17-26(24)13-15-28(16-14-26)19-22-11-6-10-21-9-4-5-12-23(21)22/h1-12,24H,13-19H2,(H,27,29)/t24-/m1/s1. The molecule has 0 unspecified atom stereocenters. The Morgan fingerprint density at radius 2 is 1.66 bits per heavy atom. The molecule has 1 heterocycles. The zero-order valence-electron chi connectivity index (χ0n) is 16.8. The summed E-state index contributed by atoms with van der Waals surface area (Å²) in [6.07, 6.45) is 3.35. The molecule has 2 fully saturated rings. The van der Waals surface area contributed by atoms with Crippen LogP contribution in [0.5, 0.6) is 0 Å². The number of nitrogens with one attached hydrogen (secondary N) is 1. The molecule has 148 valence electrons. The molecule has 3 nitrogen and oxygen atoms in total. The smallest absolute Gasteiger partial charge is 0.223 e.